The molecular formula is C20H17Cl2F3N4OS. The number of carbonyl (C=O) groups is 1. The third-order valence-corrected chi connectivity index (χ3v) is 5.88. The number of carbonyl (C=O) groups excluding carboxylic acids is 1. The standard InChI is InChI=1S/C20H17Cl2F3N4OS/c1-2-29-17(10-18(30)26-15-5-3-4-13(8-15)20(23,24)25)27-28-19(29)31-11-12-6-7-14(21)9-16(12)22/h3-9H,2,10-11H2,1H3,(H,26,30). The van der Waals surface area contributed by atoms with E-state index >= 15 is 0 Å². The van der Waals surface area contributed by atoms with Crippen LogP contribution in [-0.4, -0.2) is 20.7 Å². The molecule has 0 aliphatic carbocycles. The minimum Gasteiger partial charge on any atom is -0.326 e. The Labute approximate surface area is 190 Å². The van der Waals surface area contributed by atoms with Crippen LogP contribution in [0.2, 0.25) is 10.0 Å². The minimum absolute atomic E-state index is 0.0642. The van der Waals surface area contributed by atoms with Crippen molar-refractivity contribution in [2.75, 3.05) is 5.32 Å². The van der Waals surface area contributed by atoms with Gasteiger partial charge in [-0.2, -0.15) is 13.2 Å². The average molecular weight is 489 g/mol. The first-order valence-electron chi connectivity index (χ1n) is 9.13. The van der Waals surface area contributed by atoms with Crippen LogP contribution >= 0.6 is 35.0 Å². The van der Waals surface area contributed by atoms with E-state index in [0.29, 0.717) is 33.3 Å². The van der Waals surface area contributed by atoms with Gasteiger partial charge in [-0.25, -0.2) is 0 Å². The van der Waals surface area contributed by atoms with E-state index < -0.39 is 17.6 Å². The second-order valence-corrected chi connectivity index (χ2v) is 8.26. The van der Waals surface area contributed by atoms with E-state index in [0.717, 1.165) is 17.7 Å². The Morgan fingerprint density at radius 2 is 1.94 bits per heavy atom. The molecule has 1 aromatic heterocycles. The number of amides is 1. The third-order valence-electron chi connectivity index (χ3n) is 4.27. The summed E-state index contributed by atoms with van der Waals surface area (Å²) in [6.07, 6.45) is -4.61. The van der Waals surface area contributed by atoms with Crippen LogP contribution in [-0.2, 0) is 29.7 Å². The Balaban J connectivity index is 1.67. The Morgan fingerprint density at radius 3 is 2.61 bits per heavy atom. The van der Waals surface area contributed by atoms with Crippen LogP contribution < -0.4 is 5.32 Å². The largest absolute Gasteiger partial charge is 0.416 e. The second kappa shape index (κ2) is 9.93. The lowest BCUT2D eigenvalue weighted by Gasteiger charge is -2.10. The van der Waals surface area contributed by atoms with Crippen molar-refractivity contribution in [3.8, 4) is 0 Å². The molecule has 3 rings (SSSR count). The molecule has 0 saturated carbocycles. The fraction of sp³-hybridized carbons (Fsp3) is 0.250. The van der Waals surface area contributed by atoms with Gasteiger partial charge in [0.15, 0.2) is 5.16 Å². The van der Waals surface area contributed by atoms with Gasteiger partial charge in [-0.15, -0.1) is 10.2 Å². The van der Waals surface area contributed by atoms with Crippen molar-refractivity contribution < 1.29 is 18.0 Å². The summed E-state index contributed by atoms with van der Waals surface area (Å²) < 4.78 is 40.3. The van der Waals surface area contributed by atoms with E-state index in [2.05, 4.69) is 15.5 Å². The summed E-state index contributed by atoms with van der Waals surface area (Å²) >= 11 is 13.5. The van der Waals surface area contributed by atoms with Crippen molar-refractivity contribution in [1.29, 1.82) is 0 Å². The first-order chi connectivity index (χ1) is 14.7. The van der Waals surface area contributed by atoms with Gasteiger partial charge in [0, 0.05) is 28.0 Å². The lowest BCUT2D eigenvalue weighted by Crippen LogP contribution is -2.18. The van der Waals surface area contributed by atoms with E-state index in [9.17, 15) is 18.0 Å². The Bertz CT molecular complexity index is 1090. The fourth-order valence-corrected chi connectivity index (χ4v) is 4.36. The highest BCUT2D eigenvalue weighted by Gasteiger charge is 2.30. The summed E-state index contributed by atoms with van der Waals surface area (Å²) in [4.78, 5) is 12.4. The Morgan fingerprint density at radius 1 is 1.16 bits per heavy atom. The van der Waals surface area contributed by atoms with E-state index in [1.807, 2.05) is 13.0 Å². The highest BCUT2D eigenvalue weighted by Crippen LogP contribution is 2.31. The summed E-state index contributed by atoms with van der Waals surface area (Å²) in [6.45, 7) is 2.41. The fourth-order valence-electron chi connectivity index (χ4n) is 2.78. The Hall–Kier alpha value is -2.23. The summed E-state index contributed by atoms with van der Waals surface area (Å²) in [7, 11) is 0. The van der Waals surface area contributed by atoms with Crippen LogP contribution in [0.5, 0.6) is 0 Å². The van der Waals surface area contributed by atoms with Crippen LogP contribution in [0, 0.1) is 0 Å². The van der Waals surface area contributed by atoms with Crippen molar-refractivity contribution in [1.82, 2.24) is 14.8 Å². The molecule has 3 aromatic rings. The molecule has 0 spiro atoms. The van der Waals surface area contributed by atoms with Gasteiger partial charge in [-0.1, -0.05) is 47.1 Å². The van der Waals surface area contributed by atoms with Crippen molar-refractivity contribution in [3.05, 3.63) is 69.5 Å². The predicted octanol–water partition coefficient (Wildman–Crippen LogP) is 6.10. The SMILES string of the molecule is CCn1c(CC(=O)Nc2cccc(C(F)(F)F)c2)nnc1SCc1ccc(Cl)cc1Cl. The molecule has 11 heteroatoms. The number of hydrogen-bond acceptors (Lipinski definition) is 4. The van der Waals surface area contributed by atoms with Crippen molar-refractivity contribution in [2.45, 2.75) is 37.0 Å². The molecule has 1 N–H and O–H groups in total. The molecule has 0 aliphatic heterocycles. The lowest BCUT2D eigenvalue weighted by molar-refractivity contribution is -0.137. The average Bonchev–Trinajstić information content (AvgIpc) is 3.08. The summed E-state index contributed by atoms with van der Waals surface area (Å²) in [5, 5.41) is 12.4. The first-order valence-corrected chi connectivity index (χ1v) is 10.9. The highest BCUT2D eigenvalue weighted by atomic mass is 35.5. The maximum Gasteiger partial charge on any atom is 0.416 e. The van der Waals surface area contributed by atoms with Gasteiger partial charge in [0.05, 0.1) is 12.0 Å². The number of halogens is 5. The summed E-state index contributed by atoms with van der Waals surface area (Å²) in [5.74, 6) is 0.459. The number of alkyl halides is 3. The predicted molar refractivity (Wildman–Crippen MR) is 115 cm³/mol. The molecular weight excluding hydrogens is 472 g/mol. The zero-order valence-corrected chi connectivity index (χ0v) is 18.5. The van der Waals surface area contributed by atoms with Crippen LogP contribution in [0.15, 0.2) is 47.6 Å². The molecule has 0 saturated heterocycles. The number of nitrogens with one attached hydrogen (secondary N) is 1. The molecule has 0 fully saturated rings. The normalized spacial score (nSPS) is 11.5. The van der Waals surface area contributed by atoms with Crippen LogP contribution in [0.1, 0.15) is 23.9 Å². The van der Waals surface area contributed by atoms with Gasteiger partial charge in [-0.05, 0) is 42.8 Å². The molecule has 2 aromatic carbocycles. The molecule has 31 heavy (non-hydrogen) atoms. The quantitative estimate of drug-likeness (QED) is 0.408. The number of thioether (sulfide) groups is 1. The molecule has 0 radical (unpaired) electrons. The molecule has 1 amide bonds. The van der Waals surface area contributed by atoms with E-state index in [1.54, 1.807) is 16.7 Å². The molecule has 0 unspecified atom stereocenters. The van der Waals surface area contributed by atoms with Gasteiger partial charge >= 0.3 is 6.18 Å². The molecule has 1 heterocycles. The van der Waals surface area contributed by atoms with E-state index in [-0.39, 0.29) is 12.1 Å². The monoisotopic (exact) mass is 488 g/mol. The van der Waals surface area contributed by atoms with Crippen molar-refractivity contribution in [3.63, 3.8) is 0 Å². The molecule has 0 atom stereocenters. The van der Waals surface area contributed by atoms with Gasteiger partial charge in [0.2, 0.25) is 5.91 Å². The van der Waals surface area contributed by atoms with Crippen LogP contribution in [0.25, 0.3) is 0 Å². The van der Waals surface area contributed by atoms with Crippen LogP contribution in [0.4, 0.5) is 18.9 Å². The maximum absolute atomic E-state index is 12.8. The molecule has 164 valence electrons. The number of nitrogens with zero attached hydrogens (tertiary/aromatic N) is 3. The third kappa shape index (κ3) is 6.15. The summed E-state index contributed by atoms with van der Waals surface area (Å²) in [5.41, 5.74) is 0.112. The zero-order chi connectivity index (χ0) is 22.6. The van der Waals surface area contributed by atoms with Gasteiger partial charge in [0.1, 0.15) is 5.82 Å². The molecule has 0 aliphatic rings. The number of rotatable bonds is 7. The summed E-state index contributed by atoms with van der Waals surface area (Å²) in [6, 6.07) is 9.70. The second-order valence-electron chi connectivity index (χ2n) is 6.47. The van der Waals surface area contributed by atoms with E-state index in [1.165, 1.54) is 23.9 Å². The Kier molecular flexibility index (Phi) is 7.51. The van der Waals surface area contributed by atoms with Crippen molar-refractivity contribution in [2.24, 2.45) is 0 Å². The number of benzene rings is 2. The van der Waals surface area contributed by atoms with Crippen LogP contribution in [0.3, 0.4) is 0 Å². The number of hydrogen-bond donors (Lipinski definition) is 1. The van der Waals surface area contributed by atoms with E-state index in [4.69, 9.17) is 23.2 Å². The van der Waals surface area contributed by atoms with Gasteiger partial charge in [-0.3, -0.25) is 4.79 Å². The first kappa shape index (κ1) is 23.4. The highest BCUT2D eigenvalue weighted by molar-refractivity contribution is 7.98. The number of aromatic nitrogens is 3. The lowest BCUT2D eigenvalue weighted by atomic mass is 10.2. The smallest absolute Gasteiger partial charge is 0.326 e. The maximum atomic E-state index is 12.8. The zero-order valence-electron chi connectivity index (χ0n) is 16.2. The van der Waals surface area contributed by atoms with Gasteiger partial charge in [0.25, 0.3) is 0 Å². The van der Waals surface area contributed by atoms with Crippen molar-refractivity contribution >= 4 is 46.6 Å². The minimum atomic E-state index is -4.48. The van der Waals surface area contributed by atoms with Gasteiger partial charge < -0.3 is 9.88 Å². The topological polar surface area (TPSA) is 59.8 Å². The number of anilines is 1. The molecule has 0 bridgehead atoms. The molecule has 5 nitrogen and oxygen atoms in total.